The fourth-order valence-corrected chi connectivity index (χ4v) is 4.14. The number of furan rings is 1. The van der Waals surface area contributed by atoms with Gasteiger partial charge in [-0.3, -0.25) is 9.59 Å². The standard InChI is InChI=1S/C28H24N2O4/c31-27(29-16-20-7-5-8-21(15-20)18-33-19-22-9-6-14-34-22)17-30-25-12-3-1-10-23(25)28(32)24-11-2-4-13-26(24)30/h1-15H,16-19H2,(H,29,31). The van der Waals surface area contributed by atoms with Crippen LogP contribution in [0.2, 0.25) is 0 Å². The normalized spacial score (nSPS) is 11.2. The number of rotatable bonds is 8. The van der Waals surface area contributed by atoms with Gasteiger partial charge in [0.1, 0.15) is 18.9 Å². The van der Waals surface area contributed by atoms with Crippen LogP contribution in [0.3, 0.4) is 0 Å². The monoisotopic (exact) mass is 452 g/mol. The second-order valence-corrected chi connectivity index (χ2v) is 8.12. The average Bonchev–Trinajstić information content (AvgIpc) is 3.39. The molecule has 6 nitrogen and oxygen atoms in total. The lowest BCUT2D eigenvalue weighted by molar-refractivity contribution is -0.121. The Labute approximate surface area is 196 Å². The first kappa shape index (κ1) is 21.7. The maximum absolute atomic E-state index is 12.9. The number of benzene rings is 3. The van der Waals surface area contributed by atoms with Gasteiger partial charge >= 0.3 is 0 Å². The highest BCUT2D eigenvalue weighted by Crippen LogP contribution is 2.19. The fourth-order valence-electron chi connectivity index (χ4n) is 4.14. The van der Waals surface area contributed by atoms with Crippen LogP contribution in [0.4, 0.5) is 0 Å². The highest BCUT2D eigenvalue weighted by molar-refractivity contribution is 5.94. The molecule has 0 aliphatic carbocycles. The SMILES string of the molecule is O=C(Cn1c2ccccc2c(=O)c2ccccc21)NCc1cccc(COCc2ccco2)c1. The van der Waals surface area contributed by atoms with Gasteiger partial charge in [0.15, 0.2) is 5.43 Å². The van der Waals surface area contributed by atoms with Crippen molar-refractivity contribution in [1.29, 1.82) is 0 Å². The molecule has 0 saturated carbocycles. The summed E-state index contributed by atoms with van der Waals surface area (Å²) in [5.41, 5.74) is 3.49. The van der Waals surface area contributed by atoms with Crippen LogP contribution in [-0.4, -0.2) is 10.5 Å². The molecular formula is C28H24N2O4. The van der Waals surface area contributed by atoms with Gasteiger partial charge in [0.25, 0.3) is 0 Å². The van der Waals surface area contributed by atoms with Gasteiger partial charge in [-0.2, -0.15) is 0 Å². The predicted octanol–water partition coefficient (Wildman–Crippen LogP) is 4.78. The largest absolute Gasteiger partial charge is 0.467 e. The number of para-hydroxylation sites is 2. The minimum absolute atomic E-state index is 0.0195. The molecule has 0 fully saturated rings. The van der Waals surface area contributed by atoms with Crippen LogP contribution in [0.5, 0.6) is 0 Å². The third-order valence-corrected chi connectivity index (χ3v) is 5.75. The fraction of sp³-hybridized carbons (Fsp3) is 0.143. The highest BCUT2D eigenvalue weighted by Gasteiger charge is 2.12. The van der Waals surface area contributed by atoms with Crippen LogP contribution in [0.25, 0.3) is 21.8 Å². The van der Waals surface area contributed by atoms with E-state index in [1.54, 1.807) is 18.4 Å². The summed E-state index contributed by atoms with van der Waals surface area (Å²) in [6.07, 6.45) is 1.63. The van der Waals surface area contributed by atoms with E-state index in [2.05, 4.69) is 5.32 Å². The summed E-state index contributed by atoms with van der Waals surface area (Å²) < 4.78 is 12.9. The zero-order chi connectivity index (χ0) is 23.3. The van der Waals surface area contributed by atoms with Crippen LogP contribution in [0.15, 0.2) is 100 Å². The van der Waals surface area contributed by atoms with E-state index in [0.717, 1.165) is 27.9 Å². The van der Waals surface area contributed by atoms with Crippen molar-refractivity contribution in [2.24, 2.45) is 0 Å². The van der Waals surface area contributed by atoms with Crippen molar-refractivity contribution >= 4 is 27.7 Å². The van der Waals surface area contributed by atoms with Gasteiger partial charge in [-0.05, 0) is 47.5 Å². The van der Waals surface area contributed by atoms with Gasteiger partial charge in [-0.15, -0.1) is 0 Å². The van der Waals surface area contributed by atoms with Crippen LogP contribution >= 0.6 is 0 Å². The summed E-state index contributed by atoms with van der Waals surface area (Å²) in [7, 11) is 0. The van der Waals surface area contributed by atoms with E-state index in [1.807, 2.05) is 77.4 Å². The van der Waals surface area contributed by atoms with Crippen LogP contribution in [0, 0.1) is 0 Å². The molecule has 170 valence electrons. The number of hydrogen-bond acceptors (Lipinski definition) is 4. The third kappa shape index (κ3) is 4.63. The van der Waals surface area contributed by atoms with Crippen molar-refractivity contribution in [2.75, 3.05) is 0 Å². The summed E-state index contributed by atoms with van der Waals surface area (Å²) in [6.45, 7) is 1.39. The highest BCUT2D eigenvalue weighted by atomic mass is 16.5. The Balaban J connectivity index is 1.28. The number of nitrogens with zero attached hydrogens (tertiary/aromatic N) is 1. The molecule has 0 aliphatic heterocycles. The van der Waals surface area contributed by atoms with Crippen molar-refractivity contribution in [2.45, 2.75) is 26.3 Å². The third-order valence-electron chi connectivity index (χ3n) is 5.75. The number of carbonyl (C=O) groups is 1. The van der Waals surface area contributed by atoms with Crippen molar-refractivity contribution in [3.63, 3.8) is 0 Å². The number of ether oxygens (including phenoxy) is 1. The van der Waals surface area contributed by atoms with Crippen molar-refractivity contribution < 1.29 is 13.9 Å². The number of pyridine rings is 1. The van der Waals surface area contributed by atoms with E-state index in [1.165, 1.54) is 0 Å². The molecule has 0 spiro atoms. The smallest absolute Gasteiger partial charge is 0.240 e. The van der Waals surface area contributed by atoms with Crippen molar-refractivity contribution in [3.8, 4) is 0 Å². The molecule has 0 bridgehead atoms. The summed E-state index contributed by atoms with van der Waals surface area (Å²) in [6, 6.07) is 26.5. The molecule has 2 heterocycles. The first-order valence-corrected chi connectivity index (χ1v) is 11.1. The number of aromatic nitrogens is 1. The maximum atomic E-state index is 12.9. The van der Waals surface area contributed by atoms with Gasteiger partial charge in [-0.1, -0.05) is 48.5 Å². The predicted molar refractivity (Wildman–Crippen MR) is 131 cm³/mol. The van der Waals surface area contributed by atoms with Crippen molar-refractivity contribution in [1.82, 2.24) is 9.88 Å². The molecule has 5 rings (SSSR count). The van der Waals surface area contributed by atoms with E-state index in [-0.39, 0.29) is 17.9 Å². The topological polar surface area (TPSA) is 73.5 Å². The molecule has 5 aromatic rings. The summed E-state index contributed by atoms with van der Waals surface area (Å²) in [5.74, 6) is 0.657. The van der Waals surface area contributed by atoms with Gasteiger partial charge in [0.2, 0.25) is 5.91 Å². The first-order chi connectivity index (χ1) is 16.7. The second-order valence-electron chi connectivity index (χ2n) is 8.12. The summed E-state index contributed by atoms with van der Waals surface area (Å²) in [4.78, 5) is 25.8. The van der Waals surface area contributed by atoms with Crippen LogP contribution in [0.1, 0.15) is 16.9 Å². The average molecular weight is 453 g/mol. The van der Waals surface area contributed by atoms with Crippen LogP contribution < -0.4 is 10.7 Å². The Morgan fingerprint density at radius 2 is 1.53 bits per heavy atom. The Morgan fingerprint density at radius 3 is 2.24 bits per heavy atom. The first-order valence-electron chi connectivity index (χ1n) is 11.1. The van der Waals surface area contributed by atoms with E-state index < -0.39 is 0 Å². The molecule has 1 N–H and O–H groups in total. The Bertz CT molecular complexity index is 1440. The summed E-state index contributed by atoms with van der Waals surface area (Å²) in [5, 5.41) is 4.22. The molecule has 6 heteroatoms. The second kappa shape index (κ2) is 9.77. The van der Waals surface area contributed by atoms with E-state index >= 15 is 0 Å². The van der Waals surface area contributed by atoms with Gasteiger partial charge in [0, 0.05) is 17.3 Å². The number of fused-ring (bicyclic) bond motifs is 2. The lowest BCUT2D eigenvalue weighted by Gasteiger charge is -2.15. The van der Waals surface area contributed by atoms with E-state index in [0.29, 0.717) is 30.5 Å². The number of hydrogen-bond donors (Lipinski definition) is 1. The van der Waals surface area contributed by atoms with Crippen molar-refractivity contribution in [3.05, 3.63) is 118 Å². The summed E-state index contributed by atoms with van der Waals surface area (Å²) >= 11 is 0. The van der Waals surface area contributed by atoms with Gasteiger partial charge < -0.3 is 19.0 Å². The maximum Gasteiger partial charge on any atom is 0.240 e. The zero-order valence-electron chi connectivity index (χ0n) is 18.6. The Kier molecular flexibility index (Phi) is 6.23. The lowest BCUT2D eigenvalue weighted by atomic mass is 10.1. The molecule has 0 unspecified atom stereocenters. The lowest BCUT2D eigenvalue weighted by Crippen LogP contribution is -2.28. The van der Waals surface area contributed by atoms with Gasteiger partial charge in [-0.25, -0.2) is 0 Å². The molecule has 1 amide bonds. The van der Waals surface area contributed by atoms with Crippen LogP contribution in [-0.2, 0) is 35.8 Å². The quantitative estimate of drug-likeness (QED) is 0.344. The molecule has 34 heavy (non-hydrogen) atoms. The molecule has 3 aromatic carbocycles. The minimum Gasteiger partial charge on any atom is -0.467 e. The van der Waals surface area contributed by atoms with E-state index in [9.17, 15) is 9.59 Å². The molecule has 2 aromatic heterocycles. The molecule has 0 radical (unpaired) electrons. The molecule has 0 aliphatic rings. The minimum atomic E-state index is -0.126. The Hall–Kier alpha value is -4.16. The van der Waals surface area contributed by atoms with Gasteiger partial charge in [0.05, 0.1) is 23.9 Å². The van der Waals surface area contributed by atoms with E-state index in [4.69, 9.17) is 9.15 Å². The Morgan fingerprint density at radius 1 is 0.824 bits per heavy atom. The molecular weight excluding hydrogens is 428 g/mol. The molecule has 0 atom stereocenters. The number of carbonyl (C=O) groups excluding carboxylic acids is 1. The number of nitrogens with one attached hydrogen (secondary N) is 1. The number of amides is 1. The molecule has 0 saturated heterocycles. The zero-order valence-corrected chi connectivity index (χ0v) is 18.6.